The predicted molar refractivity (Wildman–Crippen MR) is 79.7 cm³/mol. The van der Waals surface area contributed by atoms with Crippen molar-refractivity contribution in [1.82, 2.24) is 9.97 Å². The minimum absolute atomic E-state index is 0.217. The summed E-state index contributed by atoms with van der Waals surface area (Å²) >= 11 is 0. The molecule has 3 rings (SSSR count). The highest BCUT2D eigenvalue weighted by atomic mass is 19.1. The zero-order valence-electron chi connectivity index (χ0n) is 12.6. The Labute approximate surface area is 125 Å². The number of nitrogens with zero attached hydrogens (tertiary/aromatic N) is 3. The van der Waals surface area contributed by atoms with Gasteiger partial charge in [-0.1, -0.05) is 19.8 Å². The van der Waals surface area contributed by atoms with E-state index in [1.165, 1.54) is 12.7 Å². The third-order valence-electron chi connectivity index (χ3n) is 5.03. The first-order valence-corrected chi connectivity index (χ1v) is 8.16. The molecule has 0 spiro atoms. The Morgan fingerprint density at radius 1 is 1.24 bits per heavy atom. The minimum atomic E-state index is -0.280. The van der Waals surface area contributed by atoms with E-state index in [-0.39, 0.29) is 23.9 Å². The van der Waals surface area contributed by atoms with Crippen molar-refractivity contribution in [3.63, 3.8) is 0 Å². The number of aryl methyl sites for hydroxylation is 1. The maximum Gasteiger partial charge on any atom is 0.187 e. The summed E-state index contributed by atoms with van der Waals surface area (Å²) in [6.07, 6.45) is 8.03. The summed E-state index contributed by atoms with van der Waals surface area (Å²) in [7, 11) is 0. The van der Waals surface area contributed by atoms with Gasteiger partial charge in [0, 0.05) is 18.5 Å². The number of aromatic nitrogens is 2. The number of anilines is 1. The lowest BCUT2D eigenvalue weighted by molar-refractivity contribution is 0.0564. The molecule has 4 nitrogen and oxygen atoms in total. The molecule has 3 atom stereocenters. The number of aliphatic hydroxyl groups is 1. The quantitative estimate of drug-likeness (QED) is 0.931. The first kappa shape index (κ1) is 14.7. The molecular formula is C16H24FN3O. The highest BCUT2D eigenvalue weighted by Gasteiger charge is 2.38. The van der Waals surface area contributed by atoms with Crippen LogP contribution in [0.5, 0.6) is 0 Å². The number of hydrogen-bond acceptors (Lipinski definition) is 4. The normalized spacial score (nSPS) is 29.9. The van der Waals surface area contributed by atoms with Crippen LogP contribution >= 0.6 is 0 Å². The van der Waals surface area contributed by atoms with Crippen LogP contribution in [0, 0.1) is 11.7 Å². The summed E-state index contributed by atoms with van der Waals surface area (Å²) in [6, 6.07) is 0.217. The van der Waals surface area contributed by atoms with E-state index in [2.05, 4.69) is 14.9 Å². The van der Waals surface area contributed by atoms with E-state index >= 15 is 0 Å². The number of aliphatic hydroxyl groups excluding tert-OH is 1. The fourth-order valence-electron chi connectivity index (χ4n) is 3.93. The first-order chi connectivity index (χ1) is 10.2. The molecule has 116 valence electrons. The van der Waals surface area contributed by atoms with Crippen molar-refractivity contribution < 1.29 is 9.50 Å². The molecule has 1 N–H and O–H groups in total. The second-order valence-electron chi connectivity index (χ2n) is 6.23. The maximum atomic E-state index is 14.5. The standard InChI is InChI=1S/C16H24FN3O/c1-2-12-15(17)16(19-10-18-12)20-9-5-7-13(20)11-6-3-4-8-14(11)21/h10-11,13-14,21H,2-9H2,1H3/t11-,13-,14-/m1/s1. The fourth-order valence-corrected chi connectivity index (χ4v) is 3.93. The average molecular weight is 293 g/mol. The van der Waals surface area contributed by atoms with Gasteiger partial charge in [0.2, 0.25) is 0 Å². The Balaban J connectivity index is 1.87. The Hall–Kier alpha value is -1.23. The Morgan fingerprint density at radius 3 is 2.81 bits per heavy atom. The highest BCUT2D eigenvalue weighted by Crippen LogP contribution is 2.37. The summed E-state index contributed by atoms with van der Waals surface area (Å²) in [6.45, 7) is 2.73. The zero-order valence-corrected chi connectivity index (χ0v) is 12.6. The van der Waals surface area contributed by atoms with E-state index in [0.717, 1.165) is 38.6 Å². The lowest BCUT2D eigenvalue weighted by atomic mass is 9.80. The molecule has 0 unspecified atom stereocenters. The van der Waals surface area contributed by atoms with Crippen molar-refractivity contribution in [2.45, 2.75) is 64.0 Å². The third kappa shape index (κ3) is 2.76. The van der Waals surface area contributed by atoms with Gasteiger partial charge >= 0.3 is 0 Å². The van der Waals surface area contributed by atoms with Crippen LogP contribution in [0.1, 0.15) is 51.1 Å². The summed E-state index contributed by atoms with van der Waals surface area (Å²) in [5.74, 6) is 0.403. The molecule has 1 aliphatic carbocycles. The van der Waals surface area contributed by atoms with Crippen molar-refractivity contribution in [1.29, 1.82) is 0 Å². The van der Waals surface area contributed by atoms with Gasteiger partial charge in [0.25, 0.3) is 0 Å². The van der Waals surface area contributed by atoms with E-state index in [1.807, 2.05) is 6.92 Å². The van der Waals surface area contributed by atoms with Crippen molar-refractivity contribution in [3.8, 4) is 0 Å². The fraction of sp³-hybridized carbons (Fsp3) is 0.750. The molecular weight excluding hydrogens is 269 g/mol. The van der Waals surface area contributed by atoms with E-state index in [0.29, 0.717) is 17.9 Å². The van der Waals surface area contributed by atoms with Crippen LogP contribution in [-0.2, 0) is 6.42 Å². The van der Waals surface area contributed by atoms with Crippen molar-refractivity contribution in [2.24, 2.45) is 5.92 Å². The molecule has 5 heteroatoms. The molecule has 0 bridgehead atoms. The lowest BCUT2D eigenvalue weighted by Crippen LogP contribution is -2.43. The van der Waals surface area contributed by atoms with Gasteiger partial charge in [-0.25, -0.2) is 14.4 Å². The van der Waals surface area contributed by atoms with Crippen LogP contribution in [0.25, 0.3) is 0 Å². The van der Waals surface area contributed by atoms with Gasteiger partial charge < -0.3 is 10.0 Å². The van der Waals surface area contributed by atoms with Crippen molar-refractivity contribution in [2.75, 3.05) is 11.4 Å². The molecule has 2 heterocycles. The van der Waals surface area contributed by atoms with E-state index < -0.39 is 0 Å². The van der Waals surface area contributed by atoms with Gasteiger partial charge in [0.05, 0.1) is 11.8 Å². The van der Waals surface area contributed by atoms with Crippen LogP contribution in [0.2, 0.25) is 0 Å². The lowest BCUT2D eigenvalue weighted by Gasteiger charge is -2.37. The molecule has 0 amide bonds. The number of rotatable bonds is 3. The second kappa shape index (κ2) is 6.26. The highest BCUT2D eigenvalue weighted by molar-refractivity contribution is 5.43. The van der Waals surface area contributed by atoms with Crippen LogP contribution in [0.4, 0.5) is 10.2 Å². The molecule has 1 aromatic heterocycles. The molecule has 1 saturated heterocycles. The number of halogens is 1. The van der Waals surface area contributed by atoms with E-state index in [9.17, 15) is 9.50 Å². The van der Waals surface area contributed by atoms with Crippen LogP contribution in [-0.4, -0.2) is 33.8 Å². The summed E-state index contributed by atoms with van der Waals surface area (Å²) in [4.78, 5) is 10.3. The zero-order chi connectivity index (χ0) is 14.8. The maximum absolute atomic E-state index is 14.5. The van der Waals surface area contributed by atoms with Gasteiger partial charge in [-0.3, -0.25) is 0 Å². The van der Waals surface area contributed by atoms with E-state index in [1.54, 1.807) is 0 Å². The molecule has 2 fully saturated rings. The topological polar surface area (TPSA) is 49.2 Å². The minimum Gasteiger partial charge on any atom is -0.393 e. The largest absolute Gasteiger partial charge is 0.393 e. The van der Waals surface area contributed by atoms with Crippen molar-refractivity contribution in [3.05, 3.63) is 17.8 Å². The van der Waals surface area contributed by atoms with Crippen LogP contribution in [0.15, 0.2) is 6.33 Å². The molecule has 21 heavy (non-hydrogen) atoms. The van der Waals surface area contributed by atoms with Crippen molar-refractivity contribution >= 4 is 5.82 Å². The Kier molecular flexibility index (Phi) is 4.38. The van der Waals surface area contributed by atoms with Gasteiger partial charge in [-0.15, -0.1) is 0 Å². The SMILES string of the molecule is CCc1ncnc(N2CCC[C@@H]2[C@H]2CCCC[C@H]2O)c1F. The third-order valence-corrected chi connectivity index (χ3v) is 5.03. The van der Waals surface area contributed by atoms with Gasteiger partial charge in [0.15, 0.2) is 11.6 Å². The molecule has 1 aliphatic heterocycles. The predicted octanol–water partition coefficient (Wildman–Crippen LogP) is 2.70. The second-order valence-corrected chi connectivity index (χ2v) is 6.23. The summed E-state index contributed by atoms with van der Waals surface area (Å²) < 4.78 is 14.5. The molecule has 1 saturated carbocycles. The molecule has 2 aliphatic rings. The smallest absolute Gasteiger partial charge is 0.187 e. The van der Waals surface area contributed by atoms with Gasteiger partial charge in [-0.05, 0) is 32.1 Å². The summed E-state index contributed by atoms with van der Waals surface area (Å²) in [5.41, 5.74) is 0.481. The molecule has 0 radical (unpaired) electrons. The van der Waals surface area contributed by atoms with E-state index in [4.69, 9.17) is 0 Å². The number of hydrogen-bond donors (Lipinski definition) is 1. The Morgan fingerprint density at radius 2 is 2.05 bits per heavy atom. The average Bonchev–Trinajstić information content (AvgIpc) is 2.97. The summed E-state index contributed by atoms with van der Waals surface area (Å²) in [5, 5.41) is 10.3. The molecule has 0 aromatic carbocycles. The monoisotopic (exact) mass is 293 g/mol. The van der Waals surface area contributed by atoms with Crippen LogP contribution < -0.4 is 4.90 Å². The Bertz CT molecular complexity index is 496. The van der Waals surface area contributed by atoms with Gasteiger partial charge in [-0.2, -0.15) is 0 Å². The van der Waals surface area contributed by atoms with Gasteiger partial charge in [0.1, 0.15) is 6.33 Å². The van der Waals surface area contributed by atoms with Crippen LogP contribution in [0.3, 0.4) is 0 Å². The first-order valence-electron chi connectivity index (χ1n) is 8.16. The molecule has 1 aromatic rings.